The van der Waals surface area contributed by atoms with E-state index < -0.39 is 13.7 Å². The van der Waals surface area contributed by atoms with E-state index in [2.05, 4.69) is 36.1 Å². The molecule has 1 N–H and O–H groups in total. The van der Waals surface area contributed by atoms with Crippen molar-refractivity contribution in [3.63, 3.8) is 0 Å². The van der Waals surface area contributed by atoms with Crippen LogP contribution in [0.25, 0.3) is 22.0 Å². The molecule has 0 radical (unpaired) electrons. The van der Waals surface area contributed by atoms with Crippen molar-refractivity contribution in [2.24, 2.45) is 7.05 Å². The van der Waals surface area contributed by atoms with E-state index >= 15 is 0 Å². The summed E-state index contributed by atoms with van der Waals surface area (Å²) >= 11 is 6.18. The van der Waals surface area contributed by atoms with Crippen LogP contribution in [0, 0.1) is 11.5 Å². The third-order valence-corrected chi connectivity index (χ3v) is 7.89. The normalized spacial score (nSPS) is 13.0. The van der Waals surface area contributed by atoms with E-state index in [1.54, 1.807) is 48.3 Å². The number of aryl methyl sites for hydroxylation is 1. The highest BCUT2D eigenvalue weighted by molar-refractivity contribution is 6.83. The fourth-order valence-corrected chi connectivity index (χ4v) is 5.36. The van der Waals surface area contributed by atoms with Crippen molar-refractivity contribution in [1.29, 1.82) is 0 Å². The van der Waals surface area contributed by atoms with Crippen LogP contribution in [0.15, 0.2) is 102 Å². The number of pyridine rings is 2. The van der Waals surface area contributed by atoms with Crippen molar-refractivity contribution in [2.75, 3.05) is 0 Å². The molecule has 5 aromatic rings. The van der Waals surface area contributed by atoms with Gasteiger partial charge >= 0.3 is 0 Å². The Bertz CT molecular complexity index is 1800. The number of rotatable bonds is 4. The van der Waals surface area contributed by atoms with Crippen LogP contribution in [0.1, 0.15) is 22.3 Å². The number of fused-ring (bicyclic) bond motifs is 1. The fourth-order valence-electron chi connectivity index (χ4n) is 4.72. The Morgan fingerprint density at radius 3 is 2.33 bits per heavy atom. The summed E-state index contributed by atoms with van der Waals surface area (Å²) in [7, 11) is 0.211. The van der Waals surface area contributed by atoms with E-state index in [4.69, 9.17) is 11.6 Å². The van der Waals surface area contributed by atoms with Crippen LogP contribution >= 0.6 is 11.6 Å². The standard InChI is InChI=1S/C33H29ClN2O2Si/c1-36-31-15-12-26(33(38,27-9-6-17-35-22-27)25-10-13-28(34)14-11-25)20-30(31)29(21-32(36)37)24-8-5-7-23(19-24)16-18-39(2,3)4/h5-15,17,19-22,38H,1-4H3/t33-/m1/s1. The summed E-state index contributed by atoms with van der Waals surface area (Å²) in [5, 5.41) is 13.8. The molecule has 1 atom stereocenters. The number of aliphatic hydroxyl groups is 1. The molecule has 0 spiro atoms. The first-order valence-corrected chi connectivity index (χ1v) is 16.6. The summed E-state index contributed by atoms with van der Waals surface area (Å²) in [5.74, 6) is 3.32. The van der Waals surface area contributed by atoms with E-state index in [0.29, 0.717) is 21.7 Å². The number of benzene rings is 3. The third-order valence-electron chi connectivity index (χ3n) is 6.76. The Morgan fingerprint density at radius 1 is 0.897 bits per heavy atom. The molecule has 5 rings (SSSR count). The lowest BCUT2D eigenvalue weighted by Crippen LogP contribution is -2.29. The van der Waals surface area contributed by atoms with Crippen molar-refractivity contribution in [2.45, 2.75) is 25.2 Å². The molecule has 0 aliphatic rings. The van der Waals surface area contributed by atoms with Crippen LogP contribution in [0.4, 0.5) is 0 Å². The maximum atomic E-state index is 13.0. The zero-order valence-electron chi connectivity index (χ0n) is 22.4. The average molecular weight is 549 g/mol. The van der Waals surface area contributed by atoms with Crippen molar-refractivity contribution < 1.29 is 5.11 Å². The molecular weight excluding hydrogens is 520 g/mol. The summed E-state index contributed by atoms with van der Waals surface area (Å²) < 4.78 is 1.63. The molecule has 39 heavy (non-hydrogen) atoms. The molecule has 0 unspecified atom stereocenters. The second-order valence-electron chi connectivity index (χ2n) is 10.7. The number of halogens is 1. The molecule has 0 fully saturated rings. The zero-order chi connectivity index (χ0) is 27.8. The lowest BCUT2D eigenvalue weighted by Gasteiger charge is -2.30. The molecular formula is C33H29ClN2O2Si. The molecule has 0 saturated heterocycles. The number of hydrogen-bond donors (Lipinski definition) is 1. The number of aromatic nitrogens is 2. The number of hydrogen-bond acceptors (Lipinski definition) is 3. The fraction of sp³-hybridized carbons (Fsp3) is 0.152. The maximum absolute atomic E-state index is 13.0. The highest BCUT2D eigenvalue weighted by Gasteiger charge is 2.34. The van der Waals surface area contributed by atoms with Crippen LogP contribution in [0.2, 0.25) is 24.7 Å². The highest BCUT2D eigenvalue weighted by Crippen LogP contribution is 2.39. The minimum atomic E-state index is -1.55. The lowest BCUT2D eigenvalue weighted by molar-refractivity contribution is 0.125. The molecule has 2 aromatic heterocycles. The summed E-state index contributed by atoms with van der Waals surface area (Å²) in [6.45, 7) is 6.64. The molecule has 4 nitrogen and oxygen atoms in total. The number of nitrogens with zero attached hydrogens (tertiary/aromatic N) is 2. The predicted molar refractivity (Wildman–Crippen MR) is 163 cm³/mol. The van der Waals surface area contributed by atoms with Crippen molar-refractivity contribution in [1.82, 2.24) is 9.55 Å². The Labute approximate surface area is 234 Å². The van der Waals surface area contributed by atoms with Gasteiger partial charge in [0.2, 0.25) is 0 Å². The molecule has 6 heteroatoms. The Morgan fingerprint density at radius 2 is 1.64 bits per heavy atom. The summed E-state index contributed by atoms with van der Waals surface area (Å²) in [5.41, 5.74) is 7.12. The van der Waals surface area contributed by atoms with Gasteiger partial charge < -0.3 is 9.67 Å². The Balaban J connectivity index is 1.77. The van der Waals surface area contributed by atoms with Gasteiger partial charge in [0.1, 0.15) is 13.7 Å². The van der Waals surface area contributed by atoms with Gasteiger partial charge in [0, 0.05) is 47.0 Å². The minimum Gasteiger partial charge on any atom is -0.376 e. The second kappa shape index (κ2) is 10.3. The smallest absolute Gasteiger partial charge is 0.251 e. The molecule has 0 amide bonds. The van der Waals surface area contributed by atoms with Crippen molar-refractivity contribution in [3.05, 3.63) is 135 Å². The average Bonchev–Trinajstić information content (AvgIpc) is 2.94. The van der Waals surface area contributed by atoms with Gasteiger partial charge in [-0.3, -0.25) is 9.78 Å². The van der Waals surface area contributed by atoms with Crippen LogP contribution in [-0.2, 0) is 12.6 Å². The predicted octanol–water partition coefficient (Wildman–Crippen LogP) is 6.77. The zero-order valence-corrected chi connectivity index (χ0v) is 24.1. The third kappa shape index (κ3) is 5.32. The van der Waals surface area contributed by atoms with Gasteiger partial charge in [-0.05, 0) is 64.7 Å². The maximum Gasteiger partial charge on any atom is 0.251 e. The van der Waals surface area contributed by atoms with Gasteiger partial charge in [0.05, 0.1) is 5.52 Å². The van der Waals surface area contributed by atoms with Gasteiger partial charge in [-0.1, -0.05) is 73.6 Å². The summed E-state index contributed by atoms with van der Waals surface area (Å²) in [6, 6.07) is 26.2. The molecule has 3 aromatic carbocycles. The van der Waals surface area contributed by atoms with Gasteiger partial charge in [-0.2, -0.15) is 0 Å². The Hall–Kier alpha value is -3.95. The monoisotopic (exact) mass is 548 g/mol. The lowest BCUT2D eigenvalue weighted by atomic mass is 9.80. The topological polar surface area (TPSA) is 55.1 Å². The minimum absolute atomic E-state index is 0.107. The first-order chi connectivity index (χ1) is 18.6. The van der Waals surface area contributed by atoms with Crippen molar-refractivity contribution >= 4 is 30.6 Å². The first-order valence-electron chi connectivity index (χ1n) is 12.7. The van der Waals surface area contributed by atoms with E-state index in [0.717, 1.165) is 27.6 Å². The van der Waals surface area contributed by atoms with E-state index in [1.807, 2.05) is 60.7 Å². The largest absolute Gasteiger partial charge is 0.376 e. The van der Waals surface area contributed by atoms with Gasteiger partial charge in [-0.15, -0.1) is 5.54 Å². The van der Waals surface area contributed by atoms with Crippen LogP contribution in [0.3, 0.4) is 0 Å². The van der Waals surface area contributed by atoms with Gasteiger partial charge in [-0.25, -0.2) is 0 Å². The van der Waals surface area contributed by atoms with E-state index in [1.165, 1.54) is 0 Å². The molecule has 0 aliphatic heterocycles. The Kier molecular flexibility index (Phi) is 7.05. The SMILES string of the molecule is Cn1c(=O)cc(-c2cccc(C#C[Si](C)(C)C)c2)c2cc([C@](O)(c3ccc(Cl)cc3)c3cccnc3)ccc21. The van der Waals surface area contributed by atoms with E-state index in [-0.39, 0.29) is 5.56 Å². The molecule has 194 valence electrons. The van der Waals surface area contributed by atoms with Crippen LogP contribution < -0.4 is 5.56 Å². The molecule has 0 bridgehead atoms. The second-order valence-corrected chi connectivity index (χ2v) is 15.9. The summed E-state index contributed by atoms with van der Waals surface area (Å²) in [6.07, 6.45) is 3.35. The molecule has 2 heterocycles. The van der Waals surface area contributed by atoms with Gasteiger partial charge in [0.15, 0.2) is 0 Å². The van der Waals surface area contributed by atoms with Crippen LogP contribution in [-0.4, -0.2) is 22.7 Å². The van der Waals surface area contributed by atoms with Crippen LogP contribution in [0.5, 0.6) is 0 Å². The van der Waals surface area contributed by atoms with Gasteiger partial charge in [0.25, 0.3) is 5.56 Å². The van der Waals surface area contributed by atoms with E-state index in [9.17, 15) is 9.90 Å². The highest BCUT2D eigenvalue weighted by atomic mass is 35.5. The quantitative estimate of drug-likeness (QED) is 0.199. The molecule has 0 saturated carbocycles. The first kappa shape index (κ1) is 26.6. The summed E-state index contributed by atoms with van der Waals surface area (Å²) in [4.78, 5) is 17.3. The van der Waals surface area contributed by atoms with Crippen molar-refractivity contribution in [3.8, 4) is 22.6 Å². The molecule has 0 aliphatic carbocycles.